The average molecular weight is 336 g/mol. The van der Waals surface area contributed by atoms with Gasteiger partial charge in [0.05, 0.1) is 5.88 Å². The van der Waals surface area contributed by atoms with Crippen molar-refractivity contribution in [3.8, 4) is 0 Å². The van der Waals surface area contributed by atoms with E-state index in [2.05, 4.69) is 0 Å². The van der Waals surface area contributed by atoms with Gasteiger partial charge in [0.15, 0.2) is 0 Å². The number of halogens is 1. The van der Waals surface area contributed by atoms with Gasteiger partial charge in [-0.2, -0.15) is 4.31 Å². The van der Waals surface area contributed by atoms with Crippen molar-refractivity contribution >= 4 is 21.6 Å². The highest BCUT2D eigenvalue weighted by molar-refractivity contribution is 7.89. The van der Waals surface area contributed by atoms with E-state index >= 15 is 0 Å². The smallest absolute Gasteiger partial charge is 0.246 e. The molecule has 1 fully saturated rings. The van der Waals surface area contributed by atoms with E-state index in [-0.39, 0.29) is 10.8 Å². The molecule has 0 aliphatic carbocycles. The molecular weight excluding hydrogens is 314 g/mol. The first-order valence-electron chi connectivity index (χ1n) is 7.05. The topological polar surface area (TPSA) is 59.8 Å². The van der Waals surface area contributed by atoms with Crippen LogP contribution in [0.1, 0.15) is 29.9 Å². The minimum Gasteiger partial charge on any atom is -0.465 e. The van der Waals surface area contributed by atoms with Crippen LogP contribution in [0, 0.1) is 19.8 Å². The zero-order chi connectivity index (χ0) is 15.6. The maximum absolute atomic E-state index is 12.8. The third kappa shape index (κ3) is 3.28. The summed E-state index contributed by atoms with van der Waals surface area (Å²) in [5.41, 5.74) is 0.577. The van der Waals surface area contributed by atoms with Crippen LogP contribution in [-0.2, 0) is 20.6 Å². The zero-order valence-electron chi connectivity index (χ0n) is 12.7. The van der Waals surface area contributed by atoms with Crippen LogP contribution in [0.2, 0.25) is 0 Å². The number of furan rings is 1. The number of rotatable bonds is 5. The Morgan fingerprint density at radius 1 is 1.29 bits per heavy atom. The van der Waals surface area contributed by atoms with Gasteiger partial charge >= 0.3 is 0 Å². The standard InChI is InChI=1S/C14H22ClNO4S/c1-10-13(8-15)14(11(2)20-10)21(17,18)16-6-4-12(5-7-16)9-19-3/h12H,4-9H2,1-3H3. The molecule has 1 aromatic heterocycles. The largest absolute Gasteiger partial charge is 0.465 e. The van der Waals surface area contributed by atoms with Crippen molar-refractivity contribution < 1.29 is 17.6 Å². The first-order valence-corrected chi connectivity index (χ1v) is 9.03. The fourth-order valence-corrected chi connectivity index (χ4v) is 5.17. The molecule has 0 unspecified atom stereocenters. The van der Waals surface area contributed by atoms with Gasteiger partial charge in [-0.15, -0.1) is 11.6 Å². The Labute approximate surface area is 131 Å². The van der Waals surface area contributed by atoms with Crippen LogP contribution < -0.4 is 0 Å². The van der Waals surface area contributed by atoms with Crippen molar-refractivity contribution in [2.24, 2.45) is 5.92 Å². The average Bonchev–Trinajstić information content (AvgIpc) is 2.74. The normalized spacial score (nSPS) is 18.3. The summed E-state index contributed by atoms with van der Waals surface area (Å²) in [5, 5.41) is 0. The highest BCUT2D eigenvalue weighted by Crippen LogP contribution is 2.32. The number of piperidine rings is 1. The third-order valence-electron chi connectivity index (χ3n) is 4.03. The van der Waals surface area contributed by atoms with Crippen LogP contribution in [0.15, 0.2) is 9.31 Å². The van der Waals surface area contributed by atoms with Gasteiger partial charge in [-0.3, -0.25) is 0 Å². The number of ether oxygens (including phenoxy) is 1. The second kappa shape index (κ2) is 6.69. The molecule has 0 radical (unpaired) electrons. The molecular formula is C14H22ClNO4S. The second-order valence-electron chi connectivity index (χ2n) is 5.46. The minimum atomic E-state index is -3.54. The molecule has 120 valence electrons. The van der Waals surface area contributed by atoms with Crippen LogP contribution >= 0.6 is 11.6 Å². The number of sulfonamides is 1. The third-order valence-corrected chi connectivity index (χ3v) is 6.39. The summed E-state index contributed by atoms with van der Waals surface area (Å²) < 4.78 is 37.8. The summed E-state index contributed by atoms with van der Waals surface area (Å²) >= 11 is 5.90. The highest BCUT2D eigenvalue weighted by atomic mass is 35.5. The summed E-state index contributed by atoms with van der Waals surface area (Å²) in [6, 6.07) is 0. The molecule has 1 aromatic rings. The fraction of sp³-hybridized carbons (Fsp3) is 0.714. The summed E-state index contributed by atoms with van der Waals surface area (Å²) in [4.78, 5) is 0.250. The SMILES string of the molecule is COCC1CCN(S(=O)(=O)c2c(C)oc(C)c2CCl)CC1. The van der Waals surface area contributed by atoms with Crippen LogP contribution in [0.25, 0.3) is 0 Å². The lowest BCUT2D eigenvalue weighted by Gasteiger charge is -2.30. The van der Waals surface area contributed by atoms with Gasteiger partial charge in [0, 0.05) is 32.4 Å². The first kappa shape index (κ1) is 16.8. The maximum atomic E-state index is 12.8. The van der Waals surface area contributed by atoms with E-state index in [4.69, 9.17) is 20.8 Å². The number of hydrogen-bond acceptors (Lipinski definition) is 4. The summed E-state index contributed by atoms with van der Waals surface area (Å²) in [6.07, 6.45) is 1.64. The Hall–Kier alpha value is -0.560. The number of aryl methyl sites for hydroxylation is 2. The Morgan fingerprint density at radius 2 is 1.90 bits per heavy atom. The molecule has 7 heteroatoms. The van der Waals surface area contributed by atoms with Gasteiger partial charge in [-0.1, -0.05) is 0 Å². The molecule has 0 N–H and O–H groups in total. The van der Waals surface area contributed by atoms with E-state index in [1.807, 2.05) is 0 Å². The van der Waals surface area contributed by atoms with E-state index in [1.54, 1.807) is 21.0 Å². The van der Waals surface area contributed by atoms with Gasteiger partial charge < -0.3 is 9.15 Å². The fourth-order valence-electron chi connectivity index (χ4n) is 2.88. The number of methoxy groups -OCH3 is 1. The van der Waals surface area contributed by atoms with Crippen molar-refractivity contribution in [3.63, 3.8) is 0 Å². The van der Waals surface area contributed by atoms with Crippen molar-refractivity contribution in [1.29, 1.82) is 0 Å². The lowest BCUT2D eigenvalue weighted by molar-refractivity contribution is 0.121. The Morgan fingerprint density at radius 3 is 2.43 bits per heavy atom. The van der Waals surface area contributed by atoms with E-state index in [0.29, 0.717) is 42.7 Å². The summed E-state index contributed by atoms with van der Waals surface area (Å²) in [7, 11) is -1.86. The lowest BCUT2D eigenvalue weighted by Crippen LogP contribution is -2.39. The molecule has 0 aromatic carbocycles. The molecule has 0 amide bonds. The van der Waals surface area contributed by atoms with Gasteiger partial charge in [0.2, 0.25) is 10.0 Å². The minimum absolute atomic E-state index is 0.137. The summed E-state index contributed by atoms with van der Waals surface area (Å²) in [6.45, 7) is 5.14. The molecule has 2 rings (SSSR count). The molecule has 1 aliphatic rings. The quantitative estimate of drug-likeness (QED) is 0.776. The Kier molecular flexibility index (Phi) is 5.35. The van der Waals surface area contributed by atoms with Crippen molar-refractivity contribution in [2.45, 2.75) is 37.5 Å². The maximum Gasteiger partial charge on any atom is 0.246 e. The molecule has 5 nitrogen and oxygen atoms in total. The predicted octanol–water partition coefficient (Wildman–Crippen LogP) is 2.68. The highest BCUT2D eigenvalue weighted by Gasteiger charge is 2.34. The zero-order valence-corrected chi connectivity index (χ0v) is 14.3. The van der Waals surface area contributed by atoms with Crippen LogP contribution in [0.5, 0.6) is 0 Å². The number of alkyl halides is 1. The van der Waals surface area contributed by atoms with Crippen molar-refractivity contribution in [3.05, 3.63) is 17.1 Å². The van der Waals surface area contributed by atoms with Crippen LogP contribution in [-0.4, -0.2) is 39.5 Å². The molecule has 0 saturated carbocycles. The summed E-state index contributed by atoms with van der Waals surface area (Å²) in [5.74, 6) is 1.57. The number of hydrogen-bond donors (Lipinski definition) is 0. The molecule has 1 saturated heterocycles. The molecule has 0 spiro atoms. The molecule has 2 heterocycles. The van der Waals surface area contributed by atoms with Crippen molar-refractivity contribution in [1.82, 2.24) is 4.31 Å². The molecule has 0 atom stereocenters. The van der Waals surface area contributed by atoms with E-state index < -0.39 is 10.0 Å². The van der Waals surface area contributed by atoms with Gasteiger partial charge in [0.25, 0.3) is 0 Å². The molecule has 21 heavy (non-hydrogen) atoms. The first-order chi connectivity index (χ1) is 9.91. The van der Waals surface area contributed by atoms with E-state index in [0.717, 1.165) is 12.8 Å². The van der Waals surface area contributed by atoms with E-state index in [1.165, 1.54) is 4.31 Å². The van der Waals surface area contributed by atoms with Crippen LogP contribution in [0.3, 0.4) is 0 Å². The number of nitrogens with zero attached hydrogens (tertiary/aromatic N) is 1. The lowest BCUT2D eigenvalue weighted by atomic mass is 9.99. The van der Waals surface area contributed by atoms with E-state index in [9.17, 15) is 8.42 Å². The van der Waals surface area contributed by atoms with Crippen LogP contribution in [0.4, 0.5) is 0 Å². The van der Waals surface area contributed by atoms with Gasteiger partial charge in [0.1, 0.15) is 16.4 Å². The Balaban J connectivity index is 2.24. The molecule has 1 aliphatic heterocycles. The predicted molar refractivity (Wildman–Crippen MR) is 81.1 cm³/mol. The Bertz CT molecular complexity index is 588. The van der Waals surface area contributed by atoms with Gasteiger partial charge in [-0.05, 0) is 32.6 Å². The van der Waals surface area contributed by atoms with Crippen molar-refractivity contribution in [2.75, 3.05) is 26.8 Å². The molecule has 0 bridgehead atoms. The monoisotopic (exact) mass is 335 g/mol. The van der Waals surface area contributed by atoms with Gasteiger partial charge in [-0.25, -0.2) is 8.42 Å². The second-order valence-corrected chi connectivity index (χ2v) is 7.60.